The maximum Gasteiger partial charge on any atom is 0.276 e. The van der Waals surface area contributed by atoms with E-state index in [2.05, 4.69) is 20.4 Å². The predicted molar refractivity (Wildman–Crippen MR) is 87.0 cm³/mol. The molecule has 0 spiro atoms. The summed E-state index contributed by atoms with van der Waals surface area (Å²) in [6.45, 7) is 1.78. The van der Waals surface area contributed by atoms with Crippen molar-refractivity contribution in [1.82, 2.24) is 10.2 Å². The molecule has 1 aliphatic rings. The van der Waals surface area contributed by atoms with Crippen molar-refractivity contribution in [2.75, 3.05) is 23.3 Å². The Bertz CT molecular complexity index is 759. The molecule has 8 heteroatoms. The van der Waals surface area contributed by atoms with Crippen molar-refractivity contribution < 1.29 is 18.0 Å². The fraction of sp³-hybridized carbons (Fsp3) is 0.353. The monoisotopic (exact) mass is 350 g/mol. The Morgan fingerprint density at radius 3 is 2.28 bits per heavy atom. The van der Waals surface area contributed by atoms with Gasteiger partial charge in [-0.25, -0.2) is 13.2 Å². The molecule has 1 aliphatic heterocycles. The lowest BCUT2D eigenvalue weighted by atomic mass is 10.2. The molecule has 1 amide bonds. The maximum atomic E-state index is 13.6. The third kappa shape index (κ3) is 3.89. The van der Waals surface area contributed by atoms with E-state index in [9.17, 15) is 18.0 Å². The van der Waals surface area contributed by atoms with Crippen LogP contribution in [0.2, 0.25) is 0 Å². The van der Waals surface area contributed by atoms with Gasteiger partial charge in [-0.2, -0.15) is 0 Å². The van der Waals surface area contributed by atoms with Crippen molar-refractivity contribution in [3.8, 4) is 0 Å². The molecule has 0 saturated carbocycles. The first-order valence-corrected chi connectivity index (χ1v) is 8.10. The summed E-state index contributed by atoms with van der Waals surface area (Å²) < 4.78 is 39.7. The van der Waals surface area contributed by atoms with Gasteiger partial charge in [0.2, 0.25) is 0 Å². The number of aromatic nitrogens is 2. The number of hydrogen-bond donors (Lipinski definition) is 1. The highest BCUT2D eigenvalue weighted by atomic mass is 19.2. The number of carbonyl (C=O) groups is 1. The summed E-state index contributed by atoms with van der Waals surface area (Å²) in [5.41, 5.74) is -0.495. The molecular weight excluding hydrogens is 333 g/mol. The average Bonchev–Trinajstić information content (AvgIpc) is 2.92. The minimum absolute atomic E-state index is 0.0392. The number of anilines is 2. The topological polar surface area (TPSA) is 58.1 Å². The van der Waals surface area contributed by atoms with Crippen LogP contribution in [0.1, 0.15) is 36.2 Å². The molecule has 0 atom stereocenters. The molecule has 132 valence electrons. The van der Waals surface area contributed by atoms with Crippen LogP contribution in [-0.4, -0.2) is 29.2 Å². The Morgan fingerprint density at radius 2 is 1.64 bits per heavy atom. The van der Waals surface area contributed by atoms with E-state index in [1.807, 2.05) is 0 Å². The van der Waals surface area contributed by atoms with E-state index in [1.54, 1.807) is 6.07 Å². The van der Waals surface area contributed by atoms with Crippen LogP contribution < -0.4 is 10.2 Å². The lowest BCUT2D eigenvalue weighted by Gasteiger charge is -2.20. The molecule has 0 unspecified atom stereocenters. The molecule has 0 radical (unpaired) electrons. The maximum absolute atomic E-state index is 13.6. The molecule has 1 N–H and O–H groups in total. The number of amides is 1. The van der Waals surface area contributed by atoms with Crippen LogP contribution in [0.15, 0.2) is 24.3 Å². The van der Waals surface area contributed by atoms with Crippen LogP contribution >= 0.6 is 0 Å². The van der Waals surface area contributed by atoms with Crippen LogP contribution in [0.3, 0.4) is 0 Å². The first-order valence-electron chi connectivity index (χ1n) is 8.10. The van der Waals surface area contributed by atoms with E-state index < -0.39 is 29.0 Å². The Hall–Kier alpha value is -2.64. The summed E-state index contributed by atoms with van der Waals surface area (Å²) in [6, 6.07) is 4.84. The first-order chi connectivity index (χ1) is 12.1. The molecule has 1 aromatic heterocycles. The highest BCUT2D eigenvalue weighted by molar-refractivity contribution is 6.02. The van der Waals surface area contributed by atoms with Gasteiger partial charge < -0.3 is 10.2 Å². The zero-order valence-corrected chi connectivity index (χ0v) is 13.4. The summed E-state index contributed by atoms with van der Waals surface area (Å²) in [6.07, 6.45) is 4.53. The van der Waals surface area contributed by atoms with E-state index in [4.69, 9.17) is 0 Å². The van der Waals surface area contributed by atoms with Crippen molar-refractivity contribution in [2.24, 2.45) is 0 Å². The van der Waals surface area contributed by atoms with E-state index in [1.165, 1.54) is 18.9 Å². The van der Waals surface area contributed by atoms with Crippen molar-refractivity contribution >= 4 is 17.4 Å². The minimum Gasteiger partial charge on any atom is -0.355 e. The second-order valence-electron chi connectivity index (χ2n) is 5.86. The number of rotatable bonds is 3. The van der Waals surface area contributed by atoms with Gasteiger partial charge in [0.25, 0.3) is 5.91 Å². The van der Waals surface area contributed by atoms with E-state index in [0.717, 1.165) is 38.1 Å². The van der Waals surface area contributed by atoms with Crippen LogP contribution in [0.25, 0.3) is 0 Å². The number of halogens is 3. The smallest absolute Gasteiger partial charge is 0.276 e. The van der Waals surface area contributed by atoms with Crippen molar-refractivity contribution in [3.63, 3.8) is 0 Å². The minimum atomic E-state index is -1.64. The van der Waals surface area contributed by atoms with Crippen LogP contribution in [0, 0.1) is 17.5 Å². The molecule has 1 fully saturated rings. The molecule has 0 aliphatic carbocycles. The summed E-state index contributed by atoms with van der Waals surface area (Å²) in [4.78, 5) is 14.2. The van der Waals surface area contributed by atoms with Gasteiger partial charge in [-0.3, -0.25) is 4.79 Å². The lowest BCUT2D eigenvalue weighted by molar-refractivity contribution is 0.102. The van der Waals surface area contributed by atoms with E-state index in [0.29, 0.717) is 5.82 Å². The van der Waals surface area contributed by atoms with Crippen molar-refractivity contribution in [1.29, 1.82) is 0 Å². The molecule has 2 aromatic rings. The number of hydrogen-bond acceptors (Lipinski definition) is 4. The molecule has 0 bridgehead atoms. The van der Waals surface area contributed by atoms with Crippen LogP contribution in [0.5, 0.6) is 0 Å². The third-order valence-electron chi connectivity index (χ3n) is 4.10. The fourth-order valence-corrected chi connectivity index (χ4v) is 2.72. The molecule has 5 nitrogen and oxygen atoms in total. The van der Waals surface area contributed by atoms with Gasteiger partial charge in [-0.1, -0.05) is 12.8 Å². The van der Waals surface area contributed by atoms with Gasteiger partial charge in [0.05, 0.1) is 5.69 Å². The number of benzene rings is 1. The van der Waals surface area contributed by atoms with Gasteiger partial charge in [-0.05, 0) is 37.1 Å². The van der Waals surface area contributed by atoms with Crippen molar-refractivity contribution in [2.45, 2.75) is 25.7 Å². The summed E-state index contributed by atoms with van der Waals surface area (Å²) in [7, 11) is 0. The second-order valence-corrected chi connectivity index (χ2v) is 5.86. The molecular formula is C17H17F3N4O. The number of carbonyl (C=O) groups excluding carboxylic acids is 1. The predicted octanol–water partition coefficient (Wildman–Crippen LogP) is 3.53. The Balaban J connectivity index is 1.71. The lowest BCUT2D eigenvalue weighted by Crippen LogP contribution is -2.25. The fourth-order valence-electron chi connectivity index (χ4n) is 2.72. The van der Waals surface area contributed by atoms with E-state index >= 15 is 0 Å². The molecule has 1 aromatic carbocycles. The van der Waals surface area contributed by atoms with Gasteiger partial charge in [0.1, 0.15) is 0 Å². The normalized spacial score (nSPS) is 14.9. The summed E-state index contributed by atoms with van der Waals surface area (Å²) >= 11 is 0. The first kappa shape index (κ1) is 17.2. The summed E-state index contributed by atoms with van der Waals surface area (Å²) in [5.74, 6) is -4.49. The Morgan fingerprint density at radius 1 is 0.920 bits per heavy atom. The quantitative estimate of drug-likeness (QED) is 0.861. The second kappa shape index (κ2) is 7.50. The third-order valence-corrected chi connectivity index (χ3v) is 4.10. The summed E-state index contributed by atoms with van der Waals surface area (Å²) in [5, 5.41) is 10.1. The van der Waals surface area contributed by atoms with Gasteiger partial charge >= 0.3 is 0 Å². The standard InChI is InChI=1S/C17H17F3N4O/c18-11-5-6-12(16(20)15(11)19)21-17(25)13-7-8-14(23-22-13)24-9-3-1-2-4-10-24/h5-8H,1-4,9-10H2,(H,21,25). The zero-order chi connectivity index (χ0) is 17.8. The molecule has 2 heterocycles. The highest BCUT2D eigenvalue weighted by Crippen LogP contribution is 2.21. The van der Waals surface area contributed by atoms with E-state index in [-0.39, 0.29) is 5.69 Å². The molecule has 25 heavy (non-hydrogen) atoms. The molecule has 3 rings (SSSR count). The highest BCUT2D eigenvalue weighted by Gasteiger charge is 2.18. The largest absolute Gasteiger partial charge is 0.355 e. The zero-order valence-electron chi connectivity index (χ0n) is 13.4. The number of nitrogens with zero attached hydrogens (tertiary/aromatic N) is 3. The number of nitrogens with one attached hydrogen (secondary N) is 1. The molecule has 1 saturated heterocycles. The van der Waals surface area contributed by atoms with Gasteiger partial charge in [0, 0.05) is 13.1 Å². The SMILES string of the molecule is O=C(Nc1ccc(F)c(F)c1F)c1ccc(N2CCCCCC2)nn1. The van der Waals surface area contributed by atoms with Crippen LogP contribution in [-0.2, 0) is 0 Å². The Kier molecular flexibility index (Phi) is 5.16. The van der Waals surface area contributed by atoms with Gasteiger partial charge in [-0.15, -0.1) is 10.2 Å². The van der Waals surface area contributed by atoms with Gasteiger partial charge in [0.15, 0.2) is 29.0 Å². The van der Waals surface area contributed by atoms with Crippen molar-refractivity contribution in [3.05, 3.63) is 47.4 Å². The Labute approximate surface area is 142 Å². The average molecular weight is 350 g/mol. The van der Waals surface area contributed by atoms with Crippen LogP contribution in [0.4, 0.5) is 24.7 Å².